The van der Waals surface area contributed by atoms with Crippen molar-refractivity contribution in [2.24, 2.45) is 22.7 Å². The second-order valence-corrected chi connectivity index (χ2v) is 13.6. The average Bonchev–Trinajstić information content (AvgIpc) is 3.58. The third-order valence-electron chi connectivity index (χ3n) is 12.3. The first kappa shape index (κ1) is 28.0. The van der Waals surface area contributed by atoms with Crippen LogP contribution in [0.15, 0.2) is 23.3 Å². The molecular formula is C30H40O10. The quantitative estimate of drug-likeness (QED) is 0.291. The molecule has 4 aliphatic carbocycles. The molecule has 1 spiro atoms. The predicted octanol–water partition coefficient (Wildman–Crippen LogP) is 1.27. The summed E-state index contributed by atoms with van der Waals surface area (Å²) in [6.07, 6.45) is 1.41. The van der Waals surface area contributed by atoms with Crippen LogP contribution < -0.4 is 0 Å². The zero-order valence-electron chi connectivity index (χ0n) is 23.7. The maximum atomic E-state index is 13.5. The number of ether oxygens (including phenoxy) is 3. The molecule has 6 rings (SSSR count). The number of esters is 2. The van der Waals surface area contributed by atoms with Gasteiger partial charge in [-0.1, -0.05) is 5.57 Å². The largest absolute Gasteiger partial charge is 0.465 e. The van der Waals surface area contributed by atoms with Gasteiger partial charge in [-0.2, -0.15) is 0 Å². The number of carbonyl (C=O) groups is 3. The summed E-state index contributed by atoms with van der Waals surface area (Å²) in [5.41, 5.74) is -8.16. The second-order valence-electron chi connectivity index (χ2n) is 13.6. The molecule has 4 N–H and O–H groups in total. The Morgan fingerprint density at radius 2 is 1.88 bits per heavy atom. The van der Waals surface area contributed by atoms with Crippen LogP contribution in [0.25, 0.3) is 0 Å². The highest BCUT2D eigenvalue weighted by Crippen LogP contribution is 2.75. The van der Waals surface area contributed by atoms with E-state index >= 15 is 0 Å². The number of ketones is 1. The third-order valence-corrected chi connectivity index (χ3v) is 12.3. The highest BCUT2D eigenvalue weighted by molar-refractivity contribution is 5.98. The van der Waals surface area contributed by atoms with Gasteiger partial charge in [0.25, 0.3) is 0 Å². The van der Waals surface area contributed by atoms with Crippen LogP contribution in [-0.2, 0) is 28.6 Å². The second kappa shape index (κ2) is 8.25. The lowest BCUT2D eigenvalue weighted by molar-refractivity contribution is -0.297. The van der Waals surface area contributed by atoms with Crippen molar-refractivity contribution in [3.63, 3.8) is 0 Å². The molecule has 6 aliphatic rings. The molecule has 0 aromatic heterocycles. The molecule has 0 aromatic rings. The Morgan fingerprint density at radius 1 is 1.18 bits per heavy atom. The van der Waals surface area contributed by atoms with Gasteiger partial charge in [-0.15, -0.1) is 0 Å². The summed E-state index contributed by atoms with van der Waals surface area (Å²) in [4.78, 5) is 38.2. The van der Waals surface area contributed by atoms with Crippen LogP contribution in [0.5, 0.6) is 0 Å². The monoisotopic (exact) mass is 560 g/mol. The number of epoxide rings is 1. The molecule has 1 unspecified atom stereocenters. The van der Waals surface area contributed by atoms with Gasteiger partial charge in [0.05, 0.1) is 22.5 Å². The third kappa shape index (κ3) is 2.99. The number of hydrogen-bond acceptors (Lipinski definition) is 10. The van der Waals surface area contributed by atoms with Gasteiger partial charge in [0.2, 0.25) is 0 Å². The molecule has 2 aliphatic heterocycles. The van der Waals surface area contributed by atoms with Crippen molar-refractivity contribution < 1.29 is 49.0 Å². The van der Waals surface area contributed by atoms with Crippen LogP contribution in [0, 0.1) is 22.7 Å². The number of fused-ring (bicyclic) bond motifs is 4. The van der Waals surface area contributed by atoms with Crippen LogP contribution in [0.2, 0.25) is 0 Å². The Bertz CT molecular complexity index is 1250. The number of cyclic esters (lactones) is 1. The topological polar surface area (TPSA) is 163 Å². The van der Waals surface area contributed by atoms with Gasteiger partial charge >= 0.3 is 11.9 Å². The summed E-state index contributed by atoms with van der Waals surface area (Å²) in [5, 5.41) is 48.5. The van der Waals surface area contributed by atoms with Crippen molar-refractivity contribution in [2.45, 2.75) is 114 Å². The molecule has 0 radical (unpaired) electrons. The number of hydrogen-bond donors (Lipinski definition) is 4. The summed E-state index contributed by atoms with van der Waals surface area (Å²) >= 11 is 0. The smallest absolute Gasteiger partial charge is 0.334 e. The fraction of sp³-hybridized carbons (Fsp3) is 0.767. The van der Waals surface area contributed by atoms with E-state index in [9.17, 15) is 34.8 Å². The zero-order valence-corrected chi connectivity index (χ0v) is 23.7. The van der Waals surface area contributed by atoms with Crippen molar-refractivity contribution in [3.8, 4) is 0 Å². The minimum Gasteiger partial charge on any atom is -0.465 e. The van der Waals surface area contributed by atoms with Crippen molar-refractivity contribution in [1.82, 2.24) is 0 Å². The molecular weight excluding hydrogens is 520 g/mol. The SMILES string of the molecule is CC(=O)OC[C@]12CC[C@H]3[C@@H](C[C@H]4O[C@]45[C@@H](O)C=CC(=O)[C@]35C)[C@]1(O)CC[C@@]2(O)[C@@](C)(O)C1CC(C)=C(C)C(=O)O1. The molecule has 40 heavy (non-hydrogen) atoms. The van der Waals surface area contributed by atoms with E-state index in [1.807, 2.05) is 0 Å². The Morgan fingerprint density at radius 3 is 2.52 bits per heavy atom. The van der Waals surface area contributed by atoms with Gasteiger partial charge in [-0.3, -0.25) is 9.59 Å². The fourth-order valence-corrected chi connectivity index (χ4v) is 9.72. The minimum atomic E-state index is -2.01. The molecule has 3 saturated carbocycles. The van der Waals surface area contributed by atoms with Crippen molar-refractivity contribution in [3.05, 3.63) is 23.3 Å². The van der Waals surface area contributed by atoms with Crippen LogP contribution >= 0.6 is 0 Å². The van der Waals surface area contributed by atoms with E-state index in [-0.39, 0.29) is 44.0 Å². The first-order valence-corrected chi connectivity index (χ1v) is 14.3. The number of aliphatic hydroxyl groups is 4. The number of rotatable bonds is 4. The van der Waals surface area contributed by atoms with E-state index in [2.05, 4.69) is 0 Å². The Hall–Kier alpha value is -2.11. The van der Waals surface area contributed by atoms with Gasteiger partial charge in [0, 0.05) is 18.9 Å². The summed E-state index contributed by atoms with van der Waals surface area (Å²) in [6.45, 7) is 7.55. The van der Waals surface area contributed by atoms with Gasteiger partial charge in [-0.25, -0.2) is 4.79 Å². The van der Waals surface area contributed by atoms with Gasteiger partial charge in [0.15, 0.2) is 5.78 Å². The van der Waals surface area contributed by atoms with Crippen LogP contribution in [0.3, 0.4) is 0 Å². The van der Waals surface area contributed by atoms with Crippen LogP contribution in [-0.4, -0.2) is 85.5 Å². The maximum Gasteiger partial charge on any atom is 0.334 e. The van der Waals surface area contributed by atoms with Crippen LogP contribution in [0.1, 0.15) is 73.1 Å². The van der Waals surface area contributed by atoms with E-state index in [0.717, 1.165) is 5.57 Å². The fourth-order valence-electron chi connectivity index (χ4n) is 9.72. The van der Waals surface area contributed by atoms with E-state index in [4.69, 9.17) is 14.2 Å². The first-order valence-electron chi connectivity index (χ1n) is 14.3. The Labute approximate surface area is 233 Å². The van der Waals surface area contributed by atoms with Gasteiger partial charge in [-0.05, 0) is 83.8 Å². The van der Waals surface area contributed by atoms with Gasteiger partial charge < -0.3 is 34.6 Å². The summed E-state index contributed by atoms with van der Waals surface area (Å²) < 4.78 is 17.3. The van der Waals surface area contributed by atoms with Gasteiger partial charge in [0.1, 0.15) is 35.6 Å². The lowest BCUT2D eigenvalue weighted by Crippen LogP contribution is -2.75. The van der Waals surface area contributed by atoms with Crippen molar-refractivity contribution in [2.75, 3.05) is 6.61 Å². The predicted molar refractivity (Wildman–Crippen MR) is 138 cm³/mol. The van der Waals surface area contributed by atoms with E-state index < -0.39 is 69.4 Å². The molecule has 2 heterocycles. The summed E-state index contributed by atoms with van der Waals surface area (Å²) in [6, 6.07) is 0. The Kier molecular flexibility index (Phi) is 5.78. The normalized spacial score (nSPS) is 50.7. The molecule has 0 aromatic carbocycles. The lowest BCUT2D eigenvalue weighted by atomic mass is 9.42. The molecule has 220 valence electrons. The molecule has 10 nitrogen and oxygen atoms in total. The standard InChI is InChI=1S/C30H40O10/c1-15-12-22(39-24(34)16(15)2)26(5,35)29(37)11-10-28(36)19-13-23-30(40-23)21(33)7-6-20(32)25(30,4)18(19)8-9-27(28,29)14-38-17(3)31/h6-7,18-19,21-23,33,35-37H,8-14H2,1-5H3/t18-,19+,21-,22?,23+,25-,26-,27+,28+,29+,30+/m0/s1. The molecule has 1 saturated heterocycles. The number of allylic oxidation sites excluding steroid dienone is 1. The highest BCUT2D eigenvalue weighted by Gasteiger charge is 2.85. The van der Waals surface area contributed by atoms with Crippen molar-refractivity contribution >= 4 is 17.7 Å². The highest BCUT2D eigenvalue weighted by atomic mass is 16.6. The maximum absolute atomic E-state index is 13.5. The number of aliphatic hydroxyl groups excluding tert-OH is 1. The molecule has 0 bridgehead atoms. The molecule has 10 heteroatoms. The number of carbonyl (C=O) groups excluding carboxylic acids is 3. The summed E-state index contributed by atoms with van der Waals surface area (Å²) in [7, 11) is 0. The van der Waals surface area contributed by atoms with Crippen LogP contribution in [0.4, 0.5) is 0 Å². The minimum absolute atomic E-state index is 0.0410. The van der Waals surface area contributed by atoms with Crippen molar-refractivity contribution in [1.29, 1.82) is 0 Å². The Balaban J connectivity index is 1.45. The average molecular weight is 561 g/mol. The zero-order chi connectivity index (χ0) is 29.3. The first-order chi connectivity index (χ1) is 18.5. The van der Waals surface area contributed by atoms with E-state index in [1.165, 1.54) is 26.0 Å². The molecule has 0 amide bonds. The molecule has 11 atom stereocenters. The van der Waals surface area contributed by atoms with E-state index in [0.29, 0.717) is 18.4 Å². The lowest BCUT2D eigenvalue weighted by Gasteiger charge is -2.64. The van der Waals surface area contributed by atoms with E-state index in [1.54, 1.807) is 20.8 Å². The summed E-state index contributed by atoms with van der Waals surface area (Å²) in [5.74, 6) is -2.28. The molecule has 4 fully saturated rings.